The third-order valence-corrected chi connectivity index (χ3v) is 3.15. The molecule has 5 nitrogen and oxygen atoms in total. The van der Waals surface area contributed by atoms with Crippen molar-refractivity contribution in [2.24, 2.45) is 0 Å². The van der Waals surface area contributed by atoms with Gasteiger partial charge in [0, 0.05) is 5.56 Å². The number of ether oxygens (including phenoxy) is 2. The summed E-state index contributed by atoms with van der Waals surface area (Å²) in [5.74, 6) is 0.531. The summed E-state index contributed by atoms with van der Waals surface area (Å²) in [6, 6.07) is 4.85. The lowest BCUT2D eigenvalue weighted by atomic mass is 9.86. The standard InChI is InChI=1S/C16H25NO4/c1-6-17-13(15(18)19)10-21-14-8-7-11(20-5)9-12(14)16(2,3)4/h7-9,13,17H,6,10H2,1-5H3,(H,18,19). The molecule has 0 aliphatic heterocycles. The highest BCUT2D eigenvalue weighted by Gasteiger charge is 2.22. The predicted molar refractivity (Wildman–Crippen MR) is 82.3 cm³/mol. The fraction of sp³-hybridized carbons (Fsp3) is 0.562. The molecule has 0 amide bonds. The van der Waals surface area contributed by atoms with Crippen molar-refractivity contribution < 1.29 is 19.4 Å². The van der Waals surface area contributed by atoms with Crippen LogP contribution in [-0.4, -0.2) is 37.4 Å². The van der Waals surface area contributed by atoms with Crippen molar-refractivity contribution in [3.05, 3.63) is 23.8 Å². The number of hydrogen-bond acceptors (Lipinski definition) is 4. The van der Waals surface area contributed by atoms with Gasteiger partial charge >= 0.3 is 5.97 Å². The summed E-state index contributed by atoms with van der Waals surface area (Å²) in [5.41, 5.74) is 0.864. The largest absolute Gasteiger partial charge is 0.497 e. The van der Waals surface area contributed by atoms with Crippen LogP contribution in [0.25, 0.3) is 0 Å². The Bertz CT molecular complexity index is 480. The number of likely N-dealkylation sites (N-methyl/N-ethyl adjacent to an activating group) is 1. The highest BCUT2D eigenvalue weighted by atomic mass is 16.5. The lowest BCUT2D eigenvalue weighted by Gasteiger charge is -2.24. The van der Waals surface area contributed by atoms with E-state index in [0.717, 1.165) is 11.3 Å². The Morgan fingerprint density at radius 1 is 1.38 bits per heavy atom. The zero-order chi connectivity index (χ0) is 16.0. The summed E-state index contributed by atoms with van der Waals surface area (Å²) in [4.78, 5) is 11.1. The number of aliphatic carboxylic acids is 1. The first kappa shape index (κ1) is 17.3. The van der Waals surface area contributed by atoms with Gasteiger partial charge in [0.2, 0.25) is 0 Å². The van der Waals surface area contributed by atoms with E-state index in [9.17, 15) is 4.79 Å². The molecule has 0 aliphatic rings. The summed E-state index contributed by atoms with van der Waals surface area (Å²) >= 11 is 0. The maximum Gasteiger partial charge on any atom is 0.324 e. The molecule has 0 saturated heterocycles. The Morgan fingerprint density at radius 2 is 2.05 bits per heavy atom. The molecule has 1 atom stereocenters. The molecule has 2 N–H and O–H groups in total. The topological polar surface area (TPSA) is 67.8 Å². The van der Waals surface area contributed by atoms with Crippen molar-refractivity contribution in [1.82, 2.24) is 5.32 Å². The molecular weight excluding hydrogens is 270 g/mol. The van der Waals surface area contributed by atoms with Crippen LogP contribution in [0.2, 0.25) is 0 Å². The highest BCUT2D eigenvalue weighted by Crippen LogP contribution is 2.34. The minimum absolute atomic E-state index is 0.0819. The minimum Gasteiger partial charge on any atom is -0.497 e. The minimum atomic E-state index is -0.914. The summed E-state index contributed by atoms with van der Waals surface area (Å²) < 4.78 is 11.0. The van der Waals surface area contributed by atoms with E-state index in [1.165, 1.54) is 0 Å². The molecule has 5 heteroatoms. The molecule has 0 aromatic heterocycles. The first-order valence-corrected chi connectivity index (χ1v) is 7.07. The smallest absolute Gasteiger partial charge is 0.324 e. The third kappa shape index (κ3) is 4.93. The molecule has 1 rings (SSSR count). The van der Waals surface area contributed by atoms with Crippen molar-refractivity contribution in [1.29, 1.82) is 0 Å². The summed E-state index contributed by atoms with van der Waals surface area (Å²) in [5, 5.41) is 12.0. The maximum absolute atomic E-state index is 11.1. The van der Waals surface area contributed by atoms with Gasteiger partial charge in [0.25, 0.3) is 0 Å². The van der Waals surface area contributed by atoms with E-state index in [2.05, 4.69) is 26.1 Å². The zero-order valence-electron chi connectivity index (χ0n) is 13.4. The number of carbonyl (C=O) groups is 1. The van der Waals surface area contributed by atoms with Crippen LogP contribution in [0.4, 0.5) is 0 Å². The molecule has 0 fully saturated rings. The Kier molecular flexibility index (Phi) is 6.03. The van der Waals surface area contributed by atoms with Gasteiger partial charge in [0.1, 0.15) is 24.1 Å². The molecule has 0 aliphatic carbocycles. The lowest BCUT2D eigenvalue weighted by molar-refractivity contribution is -0.140. The quantitative estimate of drug-likeness (QED) is 0.808. The monoisotopic (exact) mass is 295 g/mol. The van der Waals surface area contributed by atoms with Crippen LogP contribution < -0.4 is 14.8 Å². The fourth-order valence-electron chi connectivity index (χ4n) is 1.99. The number of methoxy groups -OCH3 is 1. The average molecular weight is 295 g/mol. The molecule has 21 heavy (non-hydrogen) atoms. The van der Waals surface area contributed by atoms with Crippen LogP contribution in [0.3, 0.4) is 0 Å². The van der Waals surface area contributed by atoms with Gasteiger partial charge in [-0.2, -0.15) is 0 Å². The number of rotatable bonds is 7. The first-order valence-electron chi connectivity index (χ1n) is 7.07. The van der Waals surface area contributed by atoms with Gasteiger partial charge in [0.15, 0.2) is 0 Å². The van der Waals surface area contributed by atoms with E-state index >= 15 is 0 Å². The van der Waals surface area contributed by atoms with Crippen LogP contribution in [0, 0.1) is 0 Å². The number of carboxylic acid groups (broad SMARTS) is 1. The average Bonchev–Trinajstić information content (AvgIpc) is 2.42. The molecule has 1 aromatic carbocycles. The van der Waals surface area contributed by atoms with Crippen LogP contribution in [0.1, 0.15) is 33.3 Å². The Balaban J connectivity index is 2.94. The molecule has 118 valence electrons. The third-order valence-electron chi connectivity index (χ3n) is 3.15. The number of nitrogens with one attached hydrogen (secondary N) is 1. The van der Waals surface area contributed by atoms with Crippen LogP contribution >= 0.6 is 0 Å². The summed E-state index contributed by atoms with van der Waals surface area (Å²) in [6.45, 7) is 8.76. The zero-order valence-corrected chi connectivity index (χ0v) is 13.4. The molecule has 0 heterocycles. The van der Waals surface area contributed by atoms with E-state index in [-0.39, 0.29) is 12.0 Å². The SMILES string of the molecule is CCNC(COc1ccc(OC)cc1C(C)(C)C)C(=O)O. The highest BCUT2D eigenvalue weighted by molar-refractivity contribution is 5.73. The van der Waals surface area contributed by atoms with E-state index in [4.69, 9.17) is 14.6 Å². The molecular formula is C16H25NO4. The van der Waals surface area contributed by atoms with Gasteiger partial charge < -0.3 is 19.9 Å². The molecule has 0 saturated carbocycles. The Hall–Kier alpha value is -1.75. The van der Waals surface area contributed by atoms with E-state index in [0.29, 0.717) is 12.3 Å². The molecule has 1 unspecified atom stereocenters. The van der Waals surface area contributed by atoms with Crippen molar-refractivity contribution in [3.8, 4) is 11.5 Å². The normalized spacial score (nSPS) is 12.8. The Labute approximate surface area is 126 Å². The van der Waals surface area contributed by atoms with Crippen LogP contribution in [0.15, 0.2) is 18.2 Å². The first-order chi connectivity index (χ1) is 9.79. The van der Waals surface area contributed by atoms with Gasteiger partial charge in [-0.3, -0.25) is 4.79 Å². The van der Waals surface area contributed by atoms with Crippen molar-refractivity contribution in [2.75, 3.05) is 20.3 Å². The maximum atomic E-state index is 11.1. The number of carboxylic acids is 1. The van der Waals surface area contributed by atoms with E-state index in [1.807, 2.05) is 25.1 Å². The summed E-state index contributed by atoms with van der Waals surface area (Å²) in [6.07, 6.45) is 0. The van der Waals surface area contributed by atoms with Gasteiger partial charge in [-0.25, -0.2) is 0 Å². The van der Waals surface area contributed by atoms with Gasteiger partial charge in [-0.15, -0.1) is 0 Å². The number of hydrogen-bond donors (Lipinski definition) is 2. The van der Waals surface area contributed by atoms with E-state index < -0.39 is 12.0 Å². The van der Waals surface area contributed by atoms with Crippen molar-refractivity contribution in [2.45, 2.75) is 39.2 Å². The summed E-state index contributed by atoms with van der Waals surface area (Å²) in [7, 11) is 1.62. The predicted octanol–water partition coefficient (Wildman–Crippen LogP) is 2.43. The Morgan fingerprint density at radius 3 is 2.52 bits per heavy atom. The van der Waals surface area contributed by atoms with Crippen LogP contribution in [0.5, 0.6) is 11.5 Å². The second-order valence-electron chi connectivity index (χ2n) is 5.87. The molecule has 1 aromatic rings. The van der Waals surface area contributed by atoms with E-state index in [1.54, 1.807) is 7.11 Å². The lowest BCUT2D eigenvalue weighted by Crippen LogP contribution is -2.41. The van der Waals surface area contributed by atoms with Crippen molar-refractivity contribution >= 4 is 5.97 Å². The molecule has 0 spiro atoms. The second kappa shape index (κ2) is 7.31. The fourth-order valence-corrected chi connectivity index (χ4v) is 1.99. The molecule has 0 bridgehead atoms. The van der Waals surface area contributed by atoms with Crippen molar-refractivity contribution in [3.63, 3.8) is 0 Å². The molecule has 0 radical (unpaired) electrons. The number of benzene rings is 1. The van der Waals surface area contributed by atoms with Gasteiger partial charge in [0.05, 0.1) is 7.11 Å². The second-order valence-corrected chi connectivity index (χ2v) is 5.87. The van der Waals surface area contributed by atoms with Gasteiger partial charge in [-0.05, 0) is 30.2 Å². The van der Waals surface area contributed by atoms with Gasteiger partial charge in [-0.1, -0.05) is 27.7 Å². The van der Waals surface area contributed by atoms with Crippen LogP contribution in [-0.2, 0) is 10.2 Å².